The minimum atomic E-state index is -3.33. The molecule has 0 spiro atoms. The summed E-state index contributed by atoms with van der Waals surface area (Å²) in [5.74, 6) is 1.28. The molecule has 0 saturated carbocycles. The van der Waals surface area contributed by atoms with Crippen molar-refractivity contribution in [3.63, 3.8) is 0 Å². The second kappa shape index (κ2) is 6.14. The molecule has 0 unspecified atom stereocenters. The molecule has 112 valence electrons. The van der Waals surface area contributed by atoms with Crippen molar-refractivity contribution in [3.05, 3.63) is 24.3 Å². The summed E-state index contributed by atoms with van der Waals surface area (Å²) >= 11 is 0. The van der Waals surface area contributed by atoms with Crippen LogP contribution in [0.3, 0.4) is 0 Å². The number of hydrogen-bond acceptors (Lipinski definition) is 3. The number of anilines is 1. The third-order valence-electron chi connectivity index (χ3n) is 4.22. The molecule has 0 aliphatic carbocycles. The molecule has 0 radical (unpaired) electrons. The highest BCUT2D eigenvalue weighted by molar-refractivity contribution is 7.89. The van der Waals surface area contributed by atoms with Crippen LogP contribution in [0.5, 0.6) is 0 Å². The van der Waals surface area contributed by atoms with Crippen molar-refractivity contribution < 1.29 is 8.42 Å². The molecule has 0 atom stereocenters. The molecule has 1 aliphatic rings. The fourth-order valence-electron chi connectivity index (χ4n) is 2.73. The van der Waals surface area contributed by atoms with Crippen molar-refractivity contribution in [2.24, 2.45) is 11.8 Å². The second-order valence-corrected chi connectivity index (χ2v) is 7.70. The Kier molecular flexibility index (Phi) is 4.70. The van der Waals surface area contributed by atoms with Crippen LogP contribution in [-0.4, -0.2) is 32.9 Å². The molecule has 1 saturated heterocycles. The molecular weight excluding hydrogens is 272 g/mol. The Morgan fingerprint density at radius 2 is 1.70 bits per heavy atom. The zero-order chi connectivity index (χ0) is 14.8. The quantitative estimate of drug-likeness (QED) is 0.929. The molecular formula is C15H24N2O2S. The van der Waals surface area contributed by atoms with E-state index in [2.05, 4.69) is 19.2 Å². The first-order valence-corrected chi connectivity index (χ1v) is 8.67. The van der Waals surface area contributed by atoms with Gasteiger partial charge < -0.3 is 5.32 Å². The number of hydrogen-bond donors (Lipinski definition) is 1. The van der Waals surface area contributed by atoms with Gasteiger partial charge in [-0.15, -0.1) is 0 Å². The Morgan fingerprint density at radius 3 is 2.15 bits per heavy atom. The highest BCUT2D eigenvalue weighted by atomic mass is 32.2. The number of piperidine rings is 1. The number of sulfonamides is 1. The second-order valence-electron chi connectivity index (χ2n) is 5.76. The summed E-state index contributed by atoms with van der Waals surface area (Å²) in [7, 11) is -1.51. The van der Waals surface area contributed by atoms with Gasteiger partial charge >= 0.3 is 0 Å². The van der Waals surface area contributed by atoms with Gasteiger partial charge in [0, 0.05) is 25.8 Å². The van der Waals surface area contributed by atoms with Gasteiger partial charge in [0.15, 0.2) is 0 Å². The van der Waals surface area contributed by atoms with E-state index in [-0.39, 0.29) is 0 Å². The Hall–Kier alpha value is -1.07. The topological polar surface area (TPSA) is 49.4 Å². The average Bonchev–Trinajstić information content (AvgIpc) is 2.47. The van der Waals surface area contributed by atoms with Gasteiger partial charge in [0.05, 0.1) is 4.90 Å². The number of nitrogens with one attached hydrogen (secondary N) is 1. The van der Waals surface area contributed by atoms with Gasteiger partial charge in [0.25, 0.3) is 0 Å². The van der Waals surface area contributed by atoms with Crippen LogP contribution >= 0.6 is 0 Å². The van der Waals surface area contributed by atoms with E-state index >= 15 is 0 Å². The Bertz CT molecular complexity index is 529. The van der Waals surface area contributed by atoms with Crippen molar-refractivity contribution in [1.29, 1.82) is 0 Å². The molecule has 1 fully saturated rings. The highest BCUT2D eigenvalue weighted by Gasteiger charge is 2.30. The minimum Gasteiger partial charge on any atom is -0.388 e. The summed E-state index contributed by atoms with van der Waals surface area (Å²) in [4.78, 5) is 0.388. The SMILES string of the molecule is CNc1ccc(S(=O)(=O)N2CCC(C(C)C)CC2)cc1. The number of rotatable bonds is 4. The Labute approximate surface area is 122 Å². The molecule has 20 heavy (non-hydrogen) atoms. The van der Waals surface area contributed by atoms with Gasteiger partial charge in [-0.3, -0.25) is 0 Å². The lowest BCUT2D eigenvalue weighted by molar-refractivity contribution is 0.226. The van der Waals surface area contributed by atoms with Crippen molar-refractivity contribution >= 4 is 15.7 Å². The van der Waals surface area contributed by atoms with E-state index in [9.17, 15) is 8.42 Å². The molecule has 1 heterocycles. The molecule has 1 aliphatic heterocycles. The lowest BCUT2D eigenvalue weighted by Crippen LogP contribution is -2.39. The Morgan fingerprint density at radius 1 is 1.15 bits per heavy atom. The van der Waals surface area contributed by atoms with Crippen molar-refractivity contribution in [3.8, 4) is 0 Å². The molecule has 2 rings (SSSR count). The van der Waals surface area contributed by atoms with Crippen LogP contribution in [0.25, 0.3) is 0 Å². The van der Waals surface area contributed by atoms with Crippen LogP contribution in [-0.2, 0) is 10.0 Å². The molecule has 4 nitrogen and oxygen atoms in total. The van der Waals surface area contributed by atoms with Gasteiger partial charge in [-0.1, -0.05) is 13.8 Å². The van der Waals surface area contributed by atoms with Crippen LogP contribution in [0.15, 0.2) is 29.2 Å². The molecule has 1 N–H and O–H groups in total. The predicted molar refractivity (Wildman–Crippen MR) is 82.3 cm³/mol. The number of nitrogens with zero attached hydrogens (tertiary/aromatic N) is 1. The monoisotopic (exact) mass is 296 g/mol. The predicted octanol–water partition coefficient (Wildman–Crippen LogP) is 2.79. The molecule has 5 heteroatoms. The Balaban J connectivity index is 2.11. The van der Waals surface area contributed by atoms with Gasteiger partial charge in [-0.25, -0.2) is 8.42 Å². The lowest BCUT2D eigenvalue weighted by Gasteiger charge is -2.33. The summed E-state index contributed by atoms with van der Waals surface area (Å²) in [5, 5.41) is 2.99. The zero-order valence-corrected chi connectivity index (χ0v) is 13.3. The van der Waals surface area contributed by atoms with Gasteiger partial charge in [0.2, 0.25) is 10.0 Å². The van der Waals surface area contributed by atoms with Crippen LogP contribution in [0, 0.1) is 11.8 Å². The molecule has 1 aromatic rings. The zero-order valence-electron chi connectivity index (χ0n) is 12.5. The highest BCUT2D eigenvalue weighted by Crippen LogP contribution is 2.28. The number of benzene rings is 1. The molecule has 0 aromatic heterocycles. The van der Waals surface area contributed by atoms with Crippen molar-refractivity contribution in [2.75, 3.05) is 25.5 Å². The third-order valence-corrected chi connectivity index (χ3v) is 6.14. The van der Waals surface area contributed by atoms with Crippen LogP contribution in [0.4, 0.5) is 5.69 Å². The van der Waals surface area contributed by atoms with Crippen LogP contribution in [0.1, 0.15) is 26.7 Å². The normalized spacial score (nSPS) is 18.4. The summed E-state index contributed by atoms with van der Waals surface area (Å²) in [5.41, 5.74) is 0.919. The summed E-state index contributed by atoms with van der Waals surface area (Å²) in [6.07, 6.45) is 1.93. The summed E-state index contributed by atoms with van der Waals surface area (Å²) in [6, 6.07) is 6.95. The molecule has 0 bridgehead atoms. The average molecular weight is 296 g/mol. The van der Waals surface area contributed by atoms with E-state index in [1.54, 1.807) is 28.6 Å². The van der Waals surface area contributed by atoms with Crippen molar-refractivity contribution in [1.82, 2.24) is 4.31 Å². The van der Waals surface area contributed by atoms with Crippen LogP contribution < -0.4 is 5.32 Å². The molecule has 0 amide bonds. The fourth-order valence-corrected chi connectivity index (χ4v) is 4.20. The van der Waals surface area contributed by atoms with E-state index < -0.39 is 10.0 Å². The van der Waals surface area contributed by atoms with E-state index in [1.165, 1.54) is 0 Å². The summed E-state index contributed by atoms with van der Waals surface area (Å²) in [6.45, 7) is 5.70. The first-order valence-electron chi connectivity index (χ1n) is 7.23. The van der Waals surface area contributed by atoms with Crippen LogP contribution in [0.2, 0.25) is 0 Å². The maximum Gasteiger partial charge on any atom is 0.243 e. The van der Waals surface area contributed by atoms with Gasteiger partial charge in [0.1, 0.15) is 0 Å². The largest absolute Gasteiger partial charge is 0.388 e. The maximum atomic E-state index is 12.6. The summed E-state index contributed by atoms with van der Waals surface area (Å²) < 4.78 is 26.8. The van der Waals surface area contributed by atoms with Gasteiger partial charge in [-0.05, 0) is 48.9 Å². The van der Waals surface area contributed by atoms with E-state index in [4.69, 9.17) is 0 Å². The van der Waals surface area contributed by atoms with E-state index in [0.29, 0.717) is 29.8 Å². The van der Waals surface area contributed by atoms with E-state index in [1.807, 2.05) is 7.05 Å². The van der Waals surface area contributed by atoms with Crippen molar-refractivity contribution in [2.45, 2.75) is 31.6 Å². The molecule has 1 aromatic carbocycles. The lowest BCUT2D eigenvalue weighted by atomic mass is 9.87. The smallest absolute Gasteiger partial charge is 0.243 e. The third kappa shape index (κ3) is 3.15. The van der Waals surface area contributed by atoms with Gasteiger partial charge in [-0.2, -0.15) is 4.31 Å². The first-order chi connectivity index (χ1) is 9.45. The van der Waals surface area contributed by atoms with E-state index in [0.717, 1.165) is 18.5 Å². The maximum absolute atomic E-state index is 12.6. The first kappa shape index (κ1) is 15.3. The minimum absolute atomic E-state index is 0.388. The fraction of sp³-hybridized carbons (Fsp3) is 0.600. The standard InChI is InChI=1S/C15H24N2O2S/c1-12(2)13-8-10-17(11-9-13)20(18,19)15-6-4-14(16-3)5-7-15/h4-7,12-13,16H,8-11H2,1-3H3.